The molecule has 0 radical (unpaired) electrons. The van der Waals surface area contributed by atoms with Gasteiger partial charge in [0.25, 0.3) is 0 Å². The molecule has 0 unspecified atom stereocenters. The van der Waals surface area contributed by atoms with Crippen LogP contribution in [-0.4, -0.2) is 35.2 Å². The Morgan fingerprint density at radius 3 is 2.63 bits per heavy atom. The summed E-state index contributed by atoms with van der Waals surface area (Å²) in [5, 5.41) is 13.4. The molecule has 3 nitrogen and oxygen atoms in total. The summed E-state index contributed by atoms with van der Waals surface area (Å²) in [6.45, 7) is 3.21. The molecular weight excluding hydrogens is 304 g/mol. The molecule has 0 amide bonds. The monoisotopic (exact) mass is 324 g/mol. The number of phenolic OH excluding ortho intramolecular Hbond substituents is 1. The summed E-state index contributed by atoms with van der Waals surface area (Å²) in [6.07, 6.45) is 5.27. The molecule has 2 aliphatic rings. The lowest BCUT2D eigenvalue weighted by molar-refractivity contribution is 0.189. The Morgan fingerprint density at radius 1 is 1.21 bits per heavy atom. The maximum absolute atomic E-state index is 9.82. The second-order valence-corrected chi connectivity index (χ2v) is 6.61. The Bertz CT molecular complexity index is 440. The zero-order chi connectivity index (χ0) is 13.2. The van der Waals surface area contributed by atoms with Gasteiger partial charge < -0.3 is 15.3 Å². The average molecular weight is 325 g/mol. The van der Waals surface area contributed by atoms with Gasteiger partial charge in [0, 0.05) is 28.7 Å². The largest absolute Gasteiger partial charge is 0.508 e. The van der Waals surface area contributed by atoms with Crippen LogP contribution in [0, 0.1) is 0 Å². The van der Waals surface area contributed by atoms with Crippen LogP contribution in [0.2, 0.25) is 0 Å². The number of likely N-dealkylation sites (tertiary alicyclic amines) is 1. The number of rotatable bonds is 4. The Kier molecular flexibility index (Phi) is 4.10. The van der Waals surface area contributed by atoms with Crippen LogP contribution in [0.25, 0.3) is 0 Å². The lowest BCUT2D eigenvalue weighted by Gasteiger charge is -2.32. The zero-order valence-electron chi connectivity index (χ0n) is 11.1. The maximum Gasteiger partial charge on any atom is 0.120 e. The Labute approximate surface area is 123 Å². The molecule has 4 heteroatoms. The van der Waals surface area contributed by atoms with Gasteiger partial charge in [0.05, 0.1) is 0 Å². The summed E-state index contributed by atoms with van der Waals surface area (Å²) < 4.78 is 1.02. The molecule has 1 aliphatic carbocycles. The Hall–Kier alpha value is -0.580. The van der Waals surface area contributed by atoms with E-state index >= 15 is 0 Å². The maximum atomic E-state index is 9.82. The third kappa shape index (κ3) is 3.50. The van der Waals surface area contributed by atoms with Gasteiger partial charge in [-0.25, -0.2) is 0 Å². The molecule has 3 rings (SSSR count). The normalized spacial score (nSPS) is 21.7. The van der Waals surface area contributed by atoms with Crippen molar-refractivity contribution in [2.45, 2.75) is 44.3 Å². The van der Waals surface area contributed by atoms with Crippen molar-refractivity contribution in [3.63, 3.8) is 0 Å². The molecule has 2 N–H and O–H groups in total. The second-order valence-electron chi connectivity index (χ2n) is 5.70. The highest BCUT2D eigenvalue weighted by atomic mass is 79.9. The van der Waals surface area contributed by atoms with E-state index in [4.69, 9.17) is 0 Å². The minimum atomic E-state index is 0.381. The number of benzene rings is 1. The topological polar surface area (TPSA) is 35.5 Å². The quantitative estimate of drug-likeness (QED) is 0.894. The van der Waals surface area contributed by atoms with Gasteiger partial charge in [-0.3, -0.25) is 0 Å². The summed E-state index contributed by atoms with van der Waals surface area (Å²) in [5.41, 5.74) is 0.971. The van der Waals surface area contributed by atoms with Crippen molar-refractivity contribution in [3.05, 3.63) is 28.2 Å². The third-order valence-corrected chi connectivity index (χ3v) is 4.71. The first-order chi connectivity index (χ1) is 9.22. The molecule has 0 spiro atoms. The summed E-state index contributed by atoms with van der Waals surface area (Å²) in [4.78, 5) is 2.63. The third-order valence-electron chi connectivity index (χ3n) is 4.22. The van der Waals surface area contributed by atoms with Crippen molar-refractivity contribution in [3.8, 4) is 5.75 Å². The van der Waals surface area contributed by atoms with E-state index in [1.165, 1.54) is 38.8 Å². The lowest BCUT2D eigenvalue weighted by atomic mass is 10.0. The van der Waals surface area contributed by atoms with E-state index in [9.17, 15) is 5.11 Å². The first-order valence-electron chi connectivity index (χ1n) is 7.17. The van der Waals surface area contributed by atoms with Crippen LogP contribution in [0.1, 0.15) is 31.2 Å². The summed E-state index contributed by atoms with van der Waals surface area (Å²) in [5.74, 6) is 0.381. The smallest absolute Gasteiger partial charge is 0.120 e. The van der Waals surface area contributed by atoms with Crippen LogP contribution >= 0.6 is 15.9 Å². The van der Waals surface area contributed by atoms with Gasteiger partial charge in [0.15, 0.2) is 0 Å². The van der Waals surface area contributed by atoms with Gasteiger partial charge in [0.2, 0.25) is 0 Å². The zero-order valence-corrected chi connectivity index (χ0v) is 12.7. The number of hydrogen-bond acceptors (Lipinski definition) is 3. The summed E-state index contributed by atoms with van der Waals surface area (Å²) in [6, 6.07) is 7.09. The average Bonchev–Trinajstić information content (AvgIpc) is 3.25. The number of hydrogen-bond donors (Lipinski definition) is 2. The molecule has 1 aliphatic heterocycles. The van der Waals surface area contributed by atoms with Crippen molar-refractivity contribution < 1.29 is 5.11 Å². The van der Waals surface area contributed by atoms with E-state index in [2.05, 4.69) is 26.1 Å². The molecule has 0 bridgehead atoms. The lowest BCUT2D eigenvalue weighted by Crippen LogP contribution is -2.43. The van der Waals surface area contributed by atoms with E-state index in [0.29, 0.717) is 11.8 Å². The fraction of sp³-hybridized carbons (Fsp3) is 0.600. The number of phenols is 1. The highest BCUT2D eigenvalue weighted by Gasteiger charge is 2.31. The number of nitrogens with zero attached hydrogens (tertiary/aromatic N) is 1. The van der Waals surface area contributed by atoms with Crippen LogP contribution in [0.5, 0.6) is 5.75 Å². The van der Waals surface area contributed by atoms with Gasteiger partial charge in [-0.2, -0.15) is 0 Å². The minimum absolute atomic E-state index is 0.381. The van der Waals surface area contributed by atoms with Crippen LogP contribution in [0.15, 0.2) is 22.7 Å². The van der Waals surface area contributed by atoms with Crippen LogP contribution in [-0.2, 0) is 6.54 Å². The minimum Gasteiger partial charge on any atom is -0.508 e. The van der Waals surface area contributed by atoms with Crippen molar-refractivity contribution >= 4 is 15.9 Å². The van der Waals surface area contributed by atoms with Gasteiger partial charge in [-0.15, -0.1) is 0 Å². The molecule has 0 atom stereocenters. The van der Waals surface area contributed by atoms with E-state index in [1.54, 1.807) is 6.07 Å². The standard InChI is InChI=1S/C15H21BrN2O/c16-12-1-4-15(19)11(9-12)10-17-13-5-7-18(8-6-13)14-2-3-14/h1,4,9,13-14,17,19H,2-3,5-8,10H2. The van der Waals surface area contributed by atoms with E-state index in [-0.39, 0.29) is 0 Å². The molecule has 1 saturated heterocycles. The molecule has 1 saturated carbocycles. The highest BCUT2D eigenvalue weighted by Crippen LogP contribution is 2.29. The van der Waals surface area contributed by atoms with Crippen molar-refractivity contribution in [1.29, 1.82) is 0 Å². The molecule has 2 fully saturated rings. The second kappa shape index (κ2) is 5.81. The molecule has 1 heterocycles. The predicted molar refractivity (Wildman–Crippen MR) is 80.3 cm³/mol. The van der Waals surface area contributed by atoms with Gasteiger partial charge in [0.1, 0.15) is 5.75 Å². The van der Waals surface area contributed by atoms with Gasteiger partial charge in [-0.05, 0) is 57.0 Å². The Morgan fingerprint density at radius 2 is 1.95 bits per heavy atom. The summed E-state index contributed by atoms with van der Waals surface area (Å²) >= 11 is 3.45. The van der Waals surface area contributed by atoms with E-state index < -0.39 is 0 Å². The van der Waals surface area contributed by atoms with Gasteiger partial charge in [-0.1, -0.05) is 15.9 Å². The van der Waals surface area contributed by atoms with Crippen LogP contribution in [0.3, 0.4) is 0 Å². The molecule has 104 valence electrons. The molecular formula is C15H21BrN2O. The Balaban J connectivity index is 1.48. The number of piperidine rings is 1. The first kappa shape index (κ1) is 13.4. The van der Waals surface area contributed by atoms with Crippen molar-refractivity contribution in [2.24, 2.45) is 0 Å². The fourth-order valence-electron chi connectivity index (χ4n) is 2.86. The number of nitrogens with one attached hydrogen (secondary N) is 1. The van der Waals surface area contributed by atoms with Crippen molar-refractivity contribution in [1.82, 2.24) is 10.2 Å². The number of halogens is 1. The fourth-order valence-corrected chi connectivity index (χ4v) is 3.27. The predicted octanol–water partition coefficient (Wildman–Crippen LogP) is 2.87. The van der Waals surface area contributed by atoms with Crippen LogP contribution < -0.4 is 5.32 Å². The van der Waals surface area contributed by atoms with Crippen molar-refractivity contribution in [2.75, 3.05) is 13.1 Å². The number of aromatic hydroxyl groups is 1. The SMILES string of the molecule is Oc1ccc(Br)cc1CNC1CCN(C2CC2)CC1. The molecule has 0 aromatic heterocycles. The van der Waals surface area contributed by atoms with Crippen LogP contribution in [0.4, 0.5) is 0 Å². The summed E-state index contributed by atoms with van der Waals surface area (Å²) in [7, 11) is 0. The first-order valence-corrected chi connectivity index (χ1v) is 7.96. The highest BCUT2D eigenvalue weighted by molar-refractivity contribution is 9.10. The molecule has 1 aromatic rings. The molecule has 1 aromatic carbocycles. The van der Waals surface area contributed by atoms with E-state index in [1.807, 2.05) is 12.1 Å². The van der Waals surface area contributed by atoms with E-state index in [0.717, 1.165) is 22.6 Å². The molecule has 19 heavy (non-hydrogen) atoms. The van der Waals surface area contributed by atoms with Gasteiger partial charge >= 0.3 is 0 Å².